The standard InChI is InChI=1S/C26H36O/c27-24-18-7-5-3-1-2-4-6-14-22-16-9-12-20-25(22)26-21-13-10-17-23(26)15-8-11-19-24/h9-10,12-13,16-17,20-21,24,27H,1-8,11,14-15,18-19H2. The Balaban J connectivity index is 1.75. The number of aryl methyl sites for hydroxylation is 2. The predicted molar refractivity (Wildman–Crippen MR) is 116 cm³/mol. The van der Waals surface area contributed by atoms with E-state index in [-0.39, 0.29) is 6.10 Å². The van der Waals surface area contributed by atoms with E-state index in [1.54, 1.807) is 0 Å². The topological polar surface area (TPSA) is 20.2 Å². The molecule has 3 rings (SSSR count). The van der Waals surface area contributed by atoms with Crippen LogP contribution in [0.25, 0.3) is 11.1 Å². The molecule has 0 saturated carbocycles. The lowest BCUT2D eigenvalue weighted by atomic mass is 9.90. The lowest BCUT2D eigenvalue weighted by Gasteiger charge is -2.15. The van der Waals surface area contributed by atoms with Gasteiger partial charge < -0.3 is 5.11 Å². The molecule has 27 heavy (non-hydrogen) atoms. The van der Waals surface area contributed by atoms with Gasteiger partial charge in [0.05, 0.1) is 6.10 Å². The maximum Gasteiger partial charge on any atom is 0.0540 e. The van der Waals surface area contributed by atoms with E-state index in [1.165, 1.54) is 73.6 Å². The van der Waals surface area contributed by atoms with Crippen molar-refractivity contribution in [1.82, 2.24) is 0 Å². The highest BCUT2D eigenvalue weighted by atomic mass is 16.3. The molecule has 0 spiro atoms. The first-order chi connectivity index (χ1) is 13.3. The van der Waals surface area contributed by atoms with Gasteiger partial charge in [0.1, 0.15) is 0 Å². The summed E-state index contributed by atoms with van der Waals surface area (Å²) in [6, 6.07) is 17.9. The summed E-state index contributed by atoms with van der Waals surface area (Å²) in [5.74, 6) is 0. The zero-order chi connectivity index (χ0) is 18.7. The molecule has 0 radical (unpaired) electrons. The molecule has 0 saturated heterocycles. The van der Waals surface area contributed by atoms with Gasteiger partial charge in [-0.2, -0.15) is 0 Å². The van der Waals surface area contributed by atoms with E-state index in [0.717, 1.165) is 32.1 Å². The molecule has 0 aliphatic heterocycles. The highest BCUT2D eigenvalue weighted by Gasteiger charge is 2.10. The van der Waals surface area contributed by atoms with Crippen molar-refractivity contribution in [3.8, 4) is 11.1 Å². The Morgan fingerprint density at radius 2 is 0.926 bits per heavy atom. The van der Waals surface area contributed by atoms with Crippen LogP contribution < -0.4 is 0 Å². The zero-order valence-corrected chi connectivity index (χ0v) is 16.8. The van der Waals surface area contributed by atoms with Crippen LogP contribution in [0.15, 0.2) is 48.5 Å². The summed E-state index contributed by atoms with van der Waals surface area (Å²) in [6.07, 6.45) is 15.6. The maximum atomic E-state index is 10.2. The molecule has 0 bridgehead atoms. The van der Waals surface area contributed by atoms with Crippen molar-refractivity contribution in [2.75, 3.05) is 0 Å². The van der Waals surface area contributed by atoms with Crippen molar-refractivity contribution < 1.29 is 5.11 Å². The van der Waals surface area contributed by atoms with Crippen LogP contribution in [0.4, 0.5) is 0 Å². The van der Waals surface area contributed by atoms with Gasteiger partial charge in [0.2, 0.25) is 0 Å². The Kier molecular flexibility index (Phi) is 8.42. The van der Waals surface area contributed by atoms with E-state index in [9.17, 15) is 5.11 Å². The first-order valence-corrected chi connectivity index (χ1v) is 11.2. The van der Waals surface area contributed by atoms with Crippen molar-refractivity contribution in [3.05, 3.63) is 59.7 Å². The lowest BCUT2D eigenvalue weighted by molar-refractivity contribution is 0.147. The fourth-order valence-corrected chi connectivity index (χ4v) is 4.42. The molecule has 1 N–H and O–H groups in total. The Bertz CT molecular complexity index is 675. The van der Waals surface area contributed by atoms with Crippen molar-refractivity contribution in [1.29, 1.82) is 0 Å². The van der Waals surface area contributed by atoms with Crippen molar-refractivity contribution >= 4 is 0 Å². The Hall–Kier alpha value is -1.60. The molecule has 0 fully saturated rings. The number of hydrogen-bond donors (Lipinski definition) is 1. The molecule has 0 heterocycles. The molecular weight excluding hydrogens is 328 g/mol. The zero-order valence-electron chi connectivity index (χ0n) is 16.8. The van der Waals surface area contributed by atoms with Gasteiger partial charge in [0, 0.05) is 0 Å². The summed E-state index contributed by atoms with van der Waals surface area (Å²) >= 11 is 0. The number of aliphatic hydroxyl groups is 1. The molecule has 2 aromatic carbocycles. The second-order valence-electron chi connectivity index (χ2n) is 8.23. The highest BCUT2D eigenvalue weighted by molar-refractivity contribution is 5.70. The van der Waals surface area contributed by atoms with Crippen LogP contribution in [-0.4, -0.2) is 11.2 Å². The van der Waals surface area contributed by atoms with E-state index < -0.39 is 0 Å². The average Bonchev–Trinajstić information content (AvgIpc) is 2.70. The Labute approximate surface area is 165 Å². The molecule has 0 amide bonds. The molecule has 0 aromatic heterocycles. The van der Waals surface area contributed by atoms with Gasteiger partial charge in [-0.15, -0.1) is 0 Å². The summed E-state index contributed by atoms with van der Waals surface area (Å²) in [5.41, 5.74) is 5.80. The van der Waals surface area contributed by atoms with Crippen molar-refractivity contribution in [2.24, 2.45) is 0 Å². The normalized spacial score (nSPS) is 20.7. The molecule has 146 valence electrons. The van der Waals surface area contributed by atoms with Crippen molar-refractivity contribution in [3.63, 3.8) is 0 Å². The quantitative estimate of drug-likeness (QED) is 0.528. The van der Waals surface area contributed by atoms with E-state index in [2.05, 4.69) is 48.5 Å². The summed E-state index contributed by atoms with van der Waals surface area (Å²) in [4.78, 5) is 0. The SMILES string of the molecule is OC1CCCCCCCCCc2ccccc2-c2ccccc2CCCC1. The smallest absolute Gasteiger partial charge is 0.0540 e. The minimum Gasteiger partial charge on any atom is -0.393 e. The third-order valence-corrected chi connectivity index (χ3v) is 6.04. The second kappa shape index (κ2) is 11.3. The molecule has 1 heteroatoms. The Morgan fingerprint density at radius 3 is 1.52 bits per heavy atom. The van der Waals surface area contributed by atoms with Crippen LogP contribution >= 0.6 is 0 Å². The monoisotopic (exact) mass is 364 g/mol. The number of benzene rings is 2. The van der Waals surface area contributed by atoms with Gasteiger partial charge in [0.25, 0.3) is 0 Å². The minimum atomic E-state index is -0.0974. The maximum absolute atomic E-state index is 10.2. The van der Waals surface area contributed by atoms with E-state index in [1.807, 2.05) is 0 Å². The first-order valence-electron chi connectivity index (χ1n) is 11.2. The Morgan fingerprint density at radius 1 is 0.519 bits per heavy atom. The second-order valence-corrected chi connectivity index (χ2v) is 8.23. The molecular formula is C26H36O. The first kappa shape index (κ1) is 20.1. The van der Waals surface area contributed by atoms with Crippen LogP contribution in [0.5, 0.6) is 0 Å². The van der Waals surface area contributed by atoms with Crippen LogP contribution in [-0.2, 0) is 12.8 Å². The van der Waals surface area contributed by atoms with Crippen LogP contribution in [0.2, 0.25) is 0 Å². The molecule has 1 unspecified atom stereocenters. The fourth-order valence-electron chi connectivity index (χ4n) is 4.42. The third kappa shape index (κ3) is 6.50. The van der Waals surface area contributed by atoms with Crippen LogP contribution in [0.1, 0.15) is 81.8 Å². The molecule has 1 atom stereocenters. The van der Waals surface area contributed by atoms with Crippen LogP contribution in [0, 0.1) is 0 Å². The molecule has 1 nitrogen and oxygen atoms in total. The molecule has 1 aliphatic rings. The largest absolute Gasteiger partial charge is 0.393 e. The van der Waals surface area contributed by atoms with Crippen LogP contribution in [0.3, 0.4) is 0 Å². The summed E-state index contributed by atoms with van der Waals surface area (Å²) < 4.78 is 0. The van der Waals surface area contributed by atoms with Crippen molar-refractivity contribution in [2.45, 2.75) is 89.6 Å². The fraction of sp³-hybridized carbons (Fsp3) is 0.538. The molecule has 2 aromatic rings. The summed E-state index contributed by atoms with van der Waals surface area (Å²) in [6.45, 7) is 0. The van der Waals surface area contributed by atoms with Gasteiger partial charge in [-0.05, 0) is 60.8 Å². The lowest BCUT2D eigenvalue weighted by Crippen LogP contribution is -2.06. The van der Waals surface area contributed by atoms with Gasteiger partial charge in [-0.3, -0.25) is 0 Å². The van der Waals surface area contributed by atoms with Gasteiger partial charge >= 0.3 is 0 Å². The number of hydrogen-bond acceptors (Lipinski definition) is 1. The number of aliphatic hydroxyl groups excluding tert-OH is 1. The number of fused-ring (bicyclic) bond motifs is 3. The van der Waals surface area contributed by atoms with Gasteiger partial charge in [-0.1, -0.05) is 93.5 Å². The van der Waals surface area contributed by atoms with E-state index >= 15 is 0 Å². The molecule has 1 aliphatic carbocycles. The van der Waals surface area contributed by atoms with Gasteiger partial charge in [0.15, 0.2) is 0 Å². The predicted octanol–water partition coefficient (Wildman–Crippen LogP) is 7.10. The minimum absolute atomic E-state index is 0.0974. The summed E-state index contributed by atoms with van der Waals surface area (Å²) in [7, 11) is 0. The van der Waals surface area contributed by atoms with E-state index in [4.69, 9.17) is 0 Å². The third-order valence-electron chi connectivity index (χ3n) is 6.04. The highest BCUT2D eigenvalue weighted by Crippen LogP contribution is 2.29. The summed E-state index contributed by atoms with van der Waals surface area (Å²) in [5, 5.41) is 10.2. The number of rotatable bonds is 0. The van der Waals surface area contributed by atoms with E-state index in [0.29, 0.717) is 0 Å². The van der Waals surface area contributed by atoms with Gasteiger partial charge in [-0.25, -0.2) is 0 Å². The average molecular weight is 365 g/mol.